The first-order chi connectivity index (χ1) is 12.7. The van der Waals surface area contributed by atoms with E-state index in [-0.39, 0.29) is 17.9 Å². The van der Waals surface area contributed by atoms with Crippen molar-refractivity contribution in [2.45, 2.75) is 37.8 Å². The molecule has 0 N–H and O–H groups in total. The molecule has 0 spiro atoms. The Morgan fingerprint density at radius 2 is 2.04 bits per heavy atom. The van der Waals surface area contributed by atoms with Crippen molar-refractivity contribution in [1.82, 2.24) is 14.8 Å². The van der Waals surface area contributed by atoms with Gasteiger partial charge in [0.05, 0.1) is 18.3 Å². The normalized spacial score (nSPS) is 21.5. The molecule has 6 nitrogen and oxygen atoms in total. The Balaban J connectivity index is 1.57. The second-order valence-electron chi connectivity index (χ2n) is 7.33. The minimum absolute atomic E-state index is 0.0964. The Hall–Kier alpha value is -1.50. The van der Waals surface area contributed by atoms with E-state index in [1.807, 2.05) is 30.1 Å². The monoisotopic (exact) mass is 361 g/mol. The molecule has 144 valence electrons. The van der Waals surface area contributed by atoms with Gasteiger partial charge in [0, 0.05) is 45.5 Å². The maximum Gasteiger partial charge on any atom is 0.226 e. The zero-order valence-electron chi connectivity index (χ0n) is 16.0. The number of nitrogens with zero attached hydrogens (tertiary/aromatic N) is 3. The first-order valence-corrected chi connectivity index (χ1v) is 9.69. The van der Waals surface area contributed by atoms with Crippen LogP contribution in [0, 0.1) is 5.92 Å². The largest absolute Gasteiger partial charge is 0.382 e. The van der Waals surface area contributed by atoms with Crippen LogP contribution < -0.4 is 0 Å². The van der Waals surface area contributed by atoms with E-state index in [1.165, 1.54) is 0 Å². The average Bonchev–Trinajstić information content (AvgIpc) is 2.72. The van der Waals surface area contributed by atoms with Crippen LogP contribution in [0.2, 0.25) is 0 Å². The summed E-state index contributed by atoms with van der Waals surface area (Å²) in [5, 5.41) is 0. The van der Waals surface area contributed by atoms with E-state index in [9.17, 15) is 4.79 Å². The fourth-order valence-electron chi connectivity index (χ4n) is 4.13. The SMILES string of the molecule is COC[C@H](c1ccccn1)N(C)C(=O)C1CCN(C2CCOCC2)CC1. The fourth-order valence-corrected chi connectivity index (χ4v) is 4.13. The molecule has 2 saturated heterocycles. The van der Waals surface area contributed by atoms with Crippen molar-refractivity contribution >= 4 is 5.91 Å². The number of hydrogen-bond acceptors (Lipinski definition) is 5. The van der Waals surface area contributed by atoms with Gasteiger partial charge in [-0.2, -0.15) is 0 Å². The van der Waals surface area contributed by atoms with E-state index in [0.717, 1.165) is 57.7 Å². The highest BCUT2D eigenvalue weighted by Crippen LogP contribution is 2.27. The molecule has 0 bridgehead atoms. The van der Waals surface area contributed by atoms with Gasteiger partial charge < -0.3 is 19.3 Å². The molecule has 0 radical (unpaired) electrons. The molecule has 0 unspecified atom stereocenters. The summed E-state index contributed by atoms with van der Waals surface area (Å²) in [6, 6.07) is 6.30. The maximum atomic E-state index is 13.1. The smallest absolute Gasteiger partial charge is 0.226 e. The number of amides is 1. The Morgan fingerprint density at radius 3 is 2.65 bits per heavy atom. The summed E-state index contributed by atoms with van der Waals surface area (Å²) in [5.74, 6) is 0.309. The zero-order chi connectivity index (χ0) is 18.4. The number of hydrogen-bond donors (Lipinski definition) is 0. The van der Waals surface area contributed by atoms with E-state index in [0.29, 0.717) is 12.6 Å². The summed E-state index contributed by atoms with van der Waals surface area (Å²) >= 11 is 0. The number of methoxy groups -OCH3 is 1. The first kappa shape index (κ1) is 19.3. The highest BCUT2D eigenvalue weighted by Gasteiger charge is 2.33. The third-order valence-corrected chi connectivity index (χ3v) is 5.75. The molecule has 1 aromatic heterocycles. The number of likely N-dealkylation sites (tertiary alicyclic amines) is 1. The minimum Gasteiger partial charge on any atom is -0.382 e. The number of aromatic nitrogens is 1. The molecule has 0 aromatic carbocycles. The number of piperidine rings is 1. The molecule has 3 heterocycles. The van der Waals surface area contributed by atoms with E-state index in [4.69, 9.17) is 9.47 Å². The van der Waals surface area contributed by atoms with Crippen LogP contribution in [0.25, 0.3) is 0 Å². The highest BCUT2D eigenvalue weighted by atomic mass is 16.5. The minimum atomic E-state index is -0.137. The van der Waals surface area contributed by atoms with Crippen molar-refractivity contribution in [1.29, 1.82) is 0 Å². The van der Waals surface area contributed by atoms with Gasteiger partial charge in [0.1, 0.15) is 0 Å². The van der Waals surface area contributed by atoms with Crippen LogP contribution >= 0.6 is 0 Å². The molecular formula is C20H31N3O3. The Kier molecular flexibility index (Phi) is 7.00. The molecule has 2 aliphatic rings. The lowest BCUT2D eigenvalue weighted by Gasteiger charge is -2.40. The summed E-state index contributed by atoms with van der Waals surface area (Å²) in [4.78, 5) is 21.9. The molecule has 0 saturated carbocycles. The fraction of sp³-hybridized carbons (Fsp3) is 0.700. The molecular weight excluding hydrogens is 330 g/mol. The number of carbonyl (C=O) groups is 1. The number of carbonyl (C=O) groups excluding carboxylic acids is 1. The zero-order valence-corrected chi connectivity index (χ0v) is 16.0. The second kappa shape index (κ2) is 9.44. The standard InChI is InChI=1S/C20H31N3O3/c1-22(19(15-25-2)18-5-3-4-10-21-18)20(24)16-6-11-23(12-7-16)17-8-13-26-14-9-17/h3-5,10,16-17,19H,6-9,11-15H2,1-2H3/t19-/m1/s1. The van der Waals surface area contributed by atoms with Crippen LogP contribution in [0.15, 0.2) is 24.4 Å². The van der Waals surface area contributed by atoms with Crippen LogP contribution in [-0.4, -0.2) is 73.8 Å². The quantitative estimate of drug-likeness (QED) is 0.777. The van der Waals surface area contributed by atoms with Gasteiger partial charge in [-0.1, -0.05) is 6.07 Å². The Bertz CT molecular complexity index is 555. The van der Waals surface area contributed by atoms with Crippen molar-refractivity contribution in [2.24, 2.45) is 5.92 Å². The van der Waals surface area contributed by atoms with Crippen molar-refractivity contribution in [3.63, 3.8) is 0 Å². The van der Waals surface area contributed by atoms with Crippen LogP contribution in [0.3, 0.4) is 0 Å². The number of ether oxygens (including phenoxy) is 2. The van der Waals surface area contributed by atoms with Crippen LogP contribution in [0.4, 0.5) is 0 Å². The van der Waals surface area contributed by atoms with Gasteiger partial charge in [-0.25, -0.2) is 0 Å². The van der Waals surface area contributed by atoms with E-state index >= 15 is 0 Å². The highest BCUT2D eigenvalue weighted by molar-refractivity contribution is 5.79. The average molecular weight is 361 g/mol. The summed E-state index contributed by atoms with van der Waals surface area (Å²) in [6.45, 7) is 4.21. The lowest BCUT2D eigenvalue weighted by molar-refractivity contribution is -0.139. The van der Waals surface area contributed by atoms with Gasteiger partial charge in [0.2, 0.25) is 5.91 Å². The van der Waals surface area contributed by atoms with Gasteiger partial charge >= 0.3 is 0 Å². The predicted molar refractivity (Wildman–Crippen MR) is 99.8 cm³/mol. The van der Waals surface area contributed by atoms with Gasteiger partial charge in [0.25, 0.3) is 0 Å². The van der Waals surface area contributed by atoms with Gasteiger partial charge in [-0.15, -0.1) is 0 Å². The molecule has 26 heavy (non-hydrogen) atoms. The molecule has 1 aromatic rings. The van der Waals surface area contributed by atoms with Crippen molar-refractivity contribution in [3.05, 3.63) is 30.1 Å². The summed E-state index contributed by atoms with van der Waals surface area (Å²) in [5.41, 5.74) is 0.879. The van der Waals surface area contributed by atoms with Gasteiger partial charge in [-0.3, -0.25) is 9.78 Å². The molecule has 1 atom stereocenters. The van der Waals surface area contributed by atoms with Gasteiger partial charge in [-0.05, 0) is 50.9 Å². The lowest BCUT2D eigenvalue weighted by atomic mass is 9.92. The third kappa shape index (κ3) is 4.61. The lowest BCUT2D eigenvalue weighted by Crippen LogP contribution is -2.47. The molecule has 2 aliphatic heterocycles. The second-order valence-corrected chi connectivity index (χ2v) is 7.33. The van der Waals surface area contributed by atoms with Crippen LogP contribution in [-0.2, 0) is 14.3 Å². The van der Waals surface area contributed by atoms with E-state index in [2.05, 4.69) is 9.88 Å². The summed E-state index contributed by atoms with van der Waals surface area (Å²) in [7, 11) is 3.55. The maximum absolute atomic E-state index is 13.1. The van der Waals surface area contributed by atoms with Crippen molar-refractivity contribution in [3.8, 4) is 0 Å². The molecule has 2 fully saturated rings. The summed E-state index contributed by atoms with van der Waals surface area (Å²) in [6.07, 6.45) is 5.87. The number of pyridine rings is 1. The Morgan fingerprint density at radius 1 is 1.31 bits per heavy atom. The van der Waals surface area contributed by atoms with E-state index in [1.54, 1.807) is 13.3 Å². The molecule has 3 rings (SSSR count). The van der Waals surface area contributed by atoms with E-state index < -0.39 is 0 Å². The first-order valence-electron chi connectivity index (χ1n) is 9.69. The van der Waals surface area contributed by atoms with Crippen molar-refractivity contribution in [2.75, 3.05) is 47.1 Å². The molecule has 6 heteroatoms. The number of rotatable bonds is 6. The topological polar surface area (TPSA) is 54.9 Å². The Labute approximate surface area is 156 Å². The molecule has 0 aliphatic carbocycles. The van der Waals surface area contributed by atoms with Crippen LogP contribution in [0.5, 0.6) is 0 Å². The van der Waals surface area contributed by atoms with Gasteiger partial charge in [0.15, 0.2) is 0 Å². The van der Waals surface area contributed by atoms with Crippen molar-refractivity contribution < 1.29 is 14.3 Å². The predicted octanol–water partition coefficient (Wildman–Crippen LogP) is 2.12. The van der Waals surface area contributed by atoms with Crippen LogP contribution in [0.1, 0.15) is 37.4 Å². The molecule has 1 amide bonds. The summed E-state index contributed by atoms with van der Waals surface area (Å²) < 4.78 is 10.8. The number of likely N-dealkylation sites (N-methyl/N-ethyl adjacent to an activating group) is 1. The third-order valence-electron chi connectivity index (χ3n) is 5.75.